The van der Waals surface area contributed by atoms with Crippen LogP contribution in [-0.4, -0.2) is 16.9 Å². The van der Waals surface area contributed by atoms with Crippen molar-refractivity contribution in [3.05, 3.63) is 23.9 Å². The van der Waals surface area contributed by atoms with Crippen molar-refractivity contribution in [3.63, 3.8) is 0 Å². The first-order chi connectivity index (χ1) is 7.20. The Morgan fingerprint density at radius 3 is 3.00 bits per heavy atom. The summed E-state index contributed by atoms with van der Waals surface area (Å²) in [7, 11) is 0. The molecule has 1 heterocycles. The lowest BCUT2D eigenvalue weighted by atomic mass is 10.2. The van der Waals surface area contributed by atoms with Crippen molar-refractivity contribution in [2.75, 3.05) is 5.73 Å². The molecule has 1 aromatic rings. The number of amides is 1. The van der Waals surface area contributed by atoms with Gasteiger partial charge in [-0.1, -0.05) is 13.3 Å². The predicted molar refractivity (Wildman–Crippen MR) is 58.3 cm³/mol. The molecule has 0 saturated heterocycles. The lowest BCUT2D eigenvalue weighted by Gasteiger charge is -2.03. The third kappa shape index (κ3) is 2.26. The summed E-state index contributed by atoms with van der Waals surface area (Å²) < 4.78 is 0. The summed E-state index contributed by atoms with van der Waals surface area (Å²) in [6.45, 7) is 2.14. The minimum atomic E-state index is -0.0524. The monoisotopic (exact) mass is 205 g/mol. The lowest BCUT2D eigenvalue weighted by Crippen LogP contribution is -2.26. The fourth-order valence-electron chi connectivity index (χ4n) is 1.67. The molecule has 2 unspecified atom stereocenters. The van der Waals surface area contributed by atoms with Crippen molar-refractivity contribution in [1.82, 2.24) is 10.3 Å². The lowest BCUT2D eigenvalue weighted by molar-refractivity contribution is 0.0948. The van der Waals surface area contributed by atoms with Crippen LogP contribution >= 0.6 is 0 Å². The molecule has 1 aromatic heterocycles. The summed E-state index contributed by atoms with van der Waals surface area (Å²) in [6.07, 6.45) is 3.74. The third-order valence-corrected chi connectivity index (χ3v) is 2.81. The van der Waals surface area contributed by atoms with Crippen molar-refractivity contribution in [1.29, 1.82) is 0 Å². The van der Waals surface area contributed by atoms with E-state index < -0.39 is 0 Å². The Labute approximate surface area is 88.9 Å². The Morgan fingerprint density at radius 2 is 2.47 bits per heavy atom. The minimum absolute atomic E-state index is 0.0524. The van der Waals surface area contributed by atoms with Crippen LogP contribution in [0.4, 0.5) is 5.82 Å². The van der Waals surface area contributed by atoms with E-state index in [1.54, 1.807) is 12.1 Å². The molecule has 0 spiro atoms. The maximum absolute atomic E-state index is 11.7. The summed E-state index contributed by atoms with van der Waals surface area (Å²) in [5.74, 6) is 1.04. The first kappa shape index (κ1) is 9.96. The number of aromatic nitrogens is 1. The minimum Gasteiger partial charge on any atom is -0.384 e. The molecule has 80 valence electrons. The van der Waals surface area contributed by atoms with Gasteiger partial charge in [0.05, 0.1) is 5.56 Å². The Morgan fingerprint density at radius 1 is 1.67 bits per heavy atom. The van der Waals surface area contributed by atoms with E-state index in [-0.39, 0.29) is 5.91 Å². The zero-order valence-electron chi connectivity index (χ0n) is 8.73. The van der Waals surface area contributed by atoms with E-state index in [1.807, 2.05) is 0 Å². The van der Waals surface area contributed by atoms with E-state index in [0.717, 1.165) is 12.8 Å². The molecular weight excluding hydrogens is 190 g/mol. The quantitative estimate of drug-likeness (QED) is 0.778. The highest BCUT2D eigenvalue weighted by atomic mass is 16.1. The Hall–Kier alpha value is -1.58. The summed E-state index contributed by atoms with van der Waals surface area (Å²) in [5.41, 5.74) is 6.02. The number of rotatable bonds is 3. The predicted octanol–water partition coefficient (Wildman–Crippen LogP) is 1.19. The zero-order valence-corrected chi connectivity index (χ0v) is 8.73. The molecule has 0 radical (unpaired) electrons. The SMILES string of the molecule is CCC1CC1NC(=O)c1ccc(N)nc1. The van der Waals surface area contributed by atoms with E-state index in [2.05, 4.69) is 17.2 Å². The third-order valence-electron chi connectivity index (χ3n) is 2.81. The van der Waals surface area contributed by atoms with Crippen molar-refractivity contribution in [3.8, 4) is 0 Å². The summed E-state index contributed by atoms with van der Waals surface area (Å²) in [5, 5.41) is 2.97. The van der Waals surface area contributed by atoms with Crippen molar-refractivity contribution in [2.45, 2.75) is 25.8 Å². The Bertz CT molecular complexity index is 361. The number of pyridine rings is 1. The standard InChI is InChI=1S/C11H15N3O/c1-2-7-5-9(7)14-11(15)8-3-4-10(12)13-6-8/h3-4,6-7,9H,2,5H2,1H3,(H2,12,13)(H,14,15). The first-order valence-corrected chi connectivity index (χ1v) is 5.23. The zero-order chi connectivity index (χ0) is 10.8. The van der Waals surface area contributed by atoms with Crippen LogP contribution in [0.25, 0.3) is 0 Å². The number of hydrogen-bond donors (Lipinski definition) is 2. The smallest absolute Gasteiger partial charge is 0.253 e. The molecule has 0 aromatic carbocycles. The fraction of sp³-hybridized carbons (Fsp3) is 0.455. The van der Waals surface area contributed by atoms with E-state index in [0.29, 0.717) is 23.3 Å². The van der Waals surface area contributed by atoms with Gasteiger partial charge in [-0.15, -0.1) is 0 Å². The van der Waals surface area contributed by atoms with Gasteiger partial charge in [-0.3, -0.25) is 4.79 Å². The second-order valence-corrected chi connectivity index (χ2v) is 3.96. The molecule has 0 bridgehead atoms. The van der Waals surface area contributed by atoms with Gasteiger partial charge in [-0.05, 0) is 24.5 Å². The highest BCUT2D eigenvalue weighted by Crippen LogP contribution is 2.33. The van der Waals surface area contributed by atoms with Gasteiger partial charge in [0.25, 0.3) is 5.91 Å². The maximum Gasteiger partial charge on any atom is 0.253 e. The van der Waals surface area contributed by atoms with Gasteiger partial charge in [0, 0.05) is 12.2 Å². The van der Waals surface area contributed by atoms with Crippen molar-refractivity contribution >= 4 is 11.7 Å². The Kier molecular flexibility index (Phi) is 2.58. The van der Waals surface area contributed by atoms with E-state index in [1.165, 1.54) is 6.20 Å². The van der Waals surface area contributed by atoms with E-state index in [4.69, 9.17) is 5.73 Å². The number of anilines is 1. The molecule has 1 aliphatic rings. The molecule has 4 heteroatoms. The first-order valence-electron chi connectivity index (χ1n) is 5.23. The van der Waals surface area contributed by atoms with Crippen LogP contribution in [0.15, 0.2) is 18.3 Å². The number of carbonyl (C=O) groups is 1. The highest BCUT2D eigenvalue weighted by molar-refractivity contribution is 5.94. The van der Waals surface area contributed by atoms with Gasteiger partial charge in [-0.2, -0.15) is 0 Å². The van der Waals surface area contributed by atoms with Crippen LogP contribution in [0.2, 0.25) is 0 Å². The van der Waals surface area contributed by atoms with Crippen LogP contribution in [0.1, 0.15) is 30.1 Å². The van der Waals surface area contributed by atoms with Gasteiger partial charge in [-0.25, -0.2) is 4.98 Å². The second kappa shape index (κ2) is 3.88. The highest BCUT2D eigenvalue weighted by Gasteiger charge is 2.36. The average Bonchev–Trinajstić information content (AvgIpc) is 2.97. The second-order valence-electron chi connectivity index (χ2n) is 3.96. The van der Waals surface area contributed by atoms with Crippen LogP contribution < -0.4 is 11.1 Å². The number of nitrogen functional groups attached to an aromatic ring is 1. The summed E-state index contributed by atoms with van der Waals surface area (Å²) in [4.78, 5) is 15.6. The van der Waals surface area contributed by atoms with Crippen LogP contribution in [0, 0.1) is 5.92 Å². The van der Waals surface area contributed by atoms with Crippen LogP contribution in [-0.2, 0) is 0 Å². The van der Waals surface area contributed by atoms with E-state index >= 15 is 0 Å². The normalized spacial score (nSPS) is 23.5. The number of hydrogen-bond acceptors (Lipinski definition) is 3. The molecule has 0 aliphatic heterocycles. The van der Waals surface area contributed by atoms with Gasteiger partial charge >= 0.3 is 0 Å². The molecule has 3 N–H and O–H groups in total. The average molecular weight is 205 g/mol. The van der Waals surface area contributed by atoms with Crippen LogP contribution in [0.5, 0.6) is 0 Å². The molecular formula is C11H15N3O. The molecule has 1 amide bonds. The van der Waals surface area contributed by atoms with Crippen molar-refractivity contribution in [2.24, 2.45) is 5.92 Å². The largest absolute Gasteiger partial charge is 0.384 e. The topological polar surface area (TPSA) is 68.0 Å². The van der Waals surface area contributed by atoms with Gasteiger partial charge in [0.1, 0.15) is 5.82 Å². The number of nitrogens with one attached hydrogen (secondary N) is 1. The molecule has 2 rings (SSSR count). The number of nitrogens with two attached hydrogens (primary N) is 1. The van der Waals surface area contributed by atoms with E-state index in [9.17, 15) is 4.79 Å². The number of carbonyl (C=O) groups excluding carboxylic acids is 1. The summed E-state index contributed by atoms with van der Waals surface area (Å²) >= 11 is 0. The van der Waals surface area contributed by atoms with Gasteiger partial charge < -0.3 is 11.1 Å². The summed E-state index contributed by atoms with van der Waals surface area (Å²) in [6, 6.07) is 3.69. The van der Waals surface area contributed by atoms with Gasteiger partial charge in [0.2, 0.25) is 0 Å². The number of nitrogens with zero attached hydrogens (tertiary/aromatic N) is 1. The van der Waals surface area contributed by atoms with Crippen LogP contribution in [0.3, 0.4) is 0 Å². The molecule has 1 fully saturated rings. The van der Waals surface area contributed by atoms with Crippen molar-refractivity contribution < 1.29 is 4.79 Å². The maximum atomic E-state index is 11.7. The Balaban J connectivity index is 1.94. The molecule has 1 aliphatic carbocycles. The molecule has 4 nitrogen and oxygen atoms in total. The molecule has 15 heavy (non-hydrogen) atoms. The molecule has 2 atom stereocenters. The fourth-order valence-corrected chi connectivity index (χ4v) is 1.67. The van der Waals surface area contributed by atoms with Gasteiger partial charge in [0.15, 0.2) is 0 Å². The molecule has 1 saturated carbocycles.